The van der Waals surface area contributed by atoms with Crippen LogP contribution in [-0.4, -0.2) is 25.8 Å². The Morgan fingerprint density at radius 2 is 1.69 bits per heavy atom. The van der Waals surface area contributed by atoms with Crippen molar-refractivity contribution in [3.63, 3.8) is 0 Å². The number of halogens is 3. The highest BCUT2D eigenvalue weighted by Crippen LogP contribution is 2.31. The van der Waals surface area contributed by atoms with E-state index in [0.717, 1.165) is 0 Å². The smallest absolute Gasteiger partial charge is 0.277 e. The van der Waals surface area contributed by atoms with E-state index in [0.29, 0.717) is 43.4 Å². The molecule has 0 heterocycles. The van der Waals surface area contributed by atoms with E-state index in [1.807, 2.05) is 0 Å². The van der Waals surface area contributed by atoms with E-state index in [-0.39, 0.29) is 13.2 Å². The summed E-state index contributed by atoms with van der Waals surface area (Å²) in [7, 11) is 1.53. The molecule has 0 aliphatic rings. The molecule has 0 bridgehead atoms. The molecule has 3 aromatic carbocycles. The quantitative estimate of drug-likeness (QED) is 0.304. The van der Waals surface area contributed by atoms with Crippen LogP contribution in [-0.2, 0) is 11.4 Å². The van der Waals surface area contributed by atoms with Crippen LogP contribution in [0, 0.1) is 0 Å². The fraction of sp³-hybridized carbons (Fsp3) is 0.130. The predicted octanol–water partition coefficient (Wildman–Crippen LogP) is 5.76. The molecular formula is C23H19Cl3N2O4. The molecular weight excluding hydrogens is 475 g/mol. The van der Waals surface area contributed by atoms with Gasteiger partial charge in [-0.05, 0) is 60.2 Å². The van der Waals surface area contributed by atoms with Crippen molar-refractivity contribution in [1.29, 1.82) is 0 Å². The summed E-state index contributed by atoms with van der Waals surface area (Å²) in [6, 6.07) is 17.2. The average molecular weight is 494 g/mol. The van der Waals surface area contributed by atoms with Gasteiger partial charge in [0.25, 0.3) is 5.91 Å². The molecule has 0 aliphatic heterocycles. The molecule has 166 valence electrons. The summed E-state index contributed by atoms with van der Waals surface area (Å²) < 4.78 is 16.6. The Hall–Kier alpha value is -2.93. The van der Waals surface area contributed by atoms with E-state index in [1.165, 1.54) is 13.3 Å². The first-order valence-electron chi connectivity index (χ1n) is 9.40. The first-order chi connectivity index (χ1) is 15.5. The molecule has 9 heteroatoms. The van der Waals surface area contributed by atoms with E-state index < -0.39 is 5.91 Å². The van der Waals surface area contributed by atoms with Gasteiger partial charge in [0.15, 0.2) is 18.1 Å². The number of carbonyl (C=O) groups excluding carboxylic acids is 1. The SMILES string of the molecule is COc1cc(/C=N/NC(=O)COc2ccc(Cl)cc2)ccc1OCc1c(Cl)cccc1Cl. The first kappa shape index (κ1) is 23.7. The van der Waals surface area contributed by atoms with Gasteiger partial charge < -0.3 is 14.2 Å². The van der Waals surface area contributed by atoms with Crippen molar-refractivity contribution in [3.8, 4) is 17.2 Å². The zero-order valence-corrected chi connectivity index (χ0v) is 19.2. The zero-order valence-electron chi connectivity index (χ0n) is 17.0. The van der Waals surface area contributed by atoms with Gasteiger partial charge in [-0.15, -0.1) is 0 Å². The van der Waals surface area contributed by atoms with Crippen LogP contribution in [0.25, 0.3) is 0 Å². The fourth-order valence-corrected chi connectivity index (χ4v) is 3.23. The maximum Gasteiger partial charge on any atom is 0.277 e. The largest absolute Gasteiger partial charge is 0.493 e. The van der Waals surface area contributed by atoms with Crippen LogP contribution < -0.4 is 19.6 Å². The lowest BCUT2D eigenvalue weighted by molar-refractivity contribution is -0.123. The summed E-state index contributed by atoms with van der Waals surface area (Å²) in [5, 5.41) is 5.57. The third kappa shape index (κ3) is 6.79. The fourth-order valence-electron chi connectivity index (χ4n) is 2.59. The third-order valence-electron chi connectivity index (χ3n) is 4.21. The minimum atomic E-state index is -0.403. The molecule has 0 radical (unpaired) electrons. The van der Waals surface area contributed by atoms with Crippen LogP contribution in [0.4, 0.5) is 0 Å². The Labute approximate surface area is 200 Å². The molecule has 1 N–H and O–H groups in total. The van der Waals surface area contributed by atoms with Crippen LogP contribution in [0.1, 0.15) is 11.1 Å². The zero-order chi connectivity index (χ0) is 22.9. The van der Waals surface area contributed by atoms with Crippen molar-refractivity contribution in [2.75, 3.05) is 13.7 Å². The number of nitrogens with zero attached hydrogens (tertiary/aromatic N) is 1. The minimum absolute atomic E-state index is 0.181. The number of nitrogens with one attached hydrogen (secondary N) is 1. The lowest BCUT2D eigenvalue weighted by Gasteiger charge is -2.13. The minimum Gasteiger partial charge on any atom is -0.493 e. The number of rotatable bonds is 9. The molecule has 3 aromatic rings. The normalized spacial score (nSPS) is 10.8. The number of hydrogen-bond acceptors (Lipinski definition) is 5. The lowest BCUT2D eigenvalue weighted by Crippen LogP contribution is -2.24. The van der Waals surface area contributed by atoms with E-state index in [1.54, 1.807) is 60.7 Å². The van der Waals surface area contributed by atoms with Crippen molar-refractivity contribution >= 4 is 46.9 Å². The molecule has 3 rings (SSSR count). The van der Waals surface area contributed by atoms with E-state index in [9.17, 15) is 4.79 Å². The van der Waals surface area contributed by atoms with Crippen molar-refractivity contribution in [2.45, 2.75) is 6.61 Å². The second kappa shape index (κ2) is 11.6. The maximum absolute atomic E-state index is 11.9. The summed E-state index contributed by atoms with van der Waals surface area (Å²) >= 11 is 18.2. The summed E-state index contributed by atoms with van der Waals surface area (Å²) in [5.74, 6) is 1.14. The Morgan fingerprint density at radius 3 is 2.38 bits per heavy atom. The van der Waals surface area contributed by atoms with Gasteiger partial charge in [0.1, 0.15) is 12.4 Å². The Morgan fingerprint density at radius 1 is 0.969 bits per heavy atom. The molecule has 0 spiro atoms. The number of benzene rings is 3. The van der Waals surface area contributed by atoms with Crippen LogP contribution in [0.5, 0.6) is 17.2 Å². The van der Waals surface area contributed by atoms with Gasteiger partial charge in [-0.25, -0.2) is 5.43 Å². The highest BCUT2D eigenvalue weighted by atomic mass is 35.5. The molecule has 0 saturated heterocycles. The molecule has 0 aliphatic carbocycles. The van der Waals surface area contributed by atoms with Crippen molar-refractivity contribution in [3.05, 3.63) is 86.9 Å². The maximum atomic E-state index is 11.9. The number of methoxy groups -OCH3 is 1. The van der Waals surface area contributed by atoms with Crippen molar-refractivity contribution in [1.82, 2.24) is 5.43 Å². The number of ether oxygens (including phenoxy) is 3. The standard InChI is InChI=1S/C23H19Cl3N2O4/c1-30-22-11-15(5-10-21(22)32-13-18-19(25)3-2-4-20(18)26)12-27-28-23(29)14-31-17-8-6-16(24)7-9-17/h2-12H,13-14H2,1H3,(H,28,29)/b27-12+. The summed E-state index contributed by atoms with van der Waals surface area (Å²) in [4.78, 5) is 11.9. The Bertz CT molecular complexity index is 1080. The number of hydrazone groups is 1. The van der Waals surface area contributed by atoms with Crippen LogP contribution in [0.2, 0.25) is 15.1 Å². The highest BCUT2D eigenvalue weighted by molar-refractivity contribution is 6.36. The van der Waals surface area contributed by atoms with Crippen LogP contribution in [0.15, 0.2) is 65.8 Å². The number of carbonyl (C=O) groups is 1. The van der Waals surface area contributed by atoms with Gasteiger partial charge in [0.2, 0.25) is 0 Å². The van der Waals surface area contributed by atoms with Gasteiger partial charge >= 0.3 is 0 Å². The summed E-state index contributed by atoms with van der Waals surface area (Å²) in [6.07, 6.45) is 1.48. The average Bonchev–Trinajstić information content (AvgIpc) is 2.79. The van der Waals surface area contributed by atoms with Crippen LogP contribution >= 0.6 is 34.8 Å². The topological polar surface area (TPSA) is 69.2 Å². The summed E-state index contributed by atoms with van der Waals surface area (Å²) in [5.41, 5.74) is 3.79. The molecule has 0 aromatic heterocycles. The first-order valence-corrected chi connectivity index (χ1v) is 10.5. The molecule has 0 saturated carbocycles. The second-order valence-corrected chi connectivity index (χ2v) is 7.69. The molecule has 1 amide bonds. The van der Waals surface area contributed by atoms with E-state index in [2.05, 4.69) is 10.5 Å². The predicted molar refractivity (Wildman–Crippen MR) is 126 cm³/mol. The van der Waals surface area contributed by atoms with Gasteiger partial charge in [0.05, 0.1) is 13.3 Å². The lowest BCUT2D eigenvalue weighted by atomic mass is 10.2. The molecule has 6 nitrogen and oxygen atoms in total. The van der Waals surface area contributed by atoms with Gasteiger partial charge in [-0.1, -0.05) is 40.9 Å². The van der Waals surface area contributed by atoms with E-state index in [4.69, 9.17) is 49.0 Å². The van der Waals surface area contributed by atoms with Gasteiger partial charge in [-0.3, -0.25) is 4.79 Å². The molecule has 0 unspecified atom stereocenters. The molecule has 32 heavy (non-hydrogen) atoms. The van der Waals surface area contributed by atoms with Crippen molar-refractivity contribution < 1.29 is 19.0 Å². The highest BCUT2D eigenvalue weighted by Gasteiger charge is 2.10. The van der Waals surface area contributed by atoms with Crippen molar-refractivity contribution in [2.24, 2.45) is 5.10 Å². The Balaban J connectivity index is 1.54. The monoisotopic (exact) mass is 492 g/mol. The second-order valence-electron chi connectivity index (χ2n) is 6.43. The molecule has 0 atom stereocenters. The van der Waals surface area contributed by atoms with E-state index >= 15 is 0 Å². The molecule has 0 fully saturated rings. The van der Waals surface area contributed by atoms with Crippen LogP contribution in [0.3, 0.4) is 0 Å². The Kier molecular flexibility index (Phi) is 8.62. The summed E-state index contributed by atoms with van der Waals surface area (Å²) in [6.45, 7) is 0.00561. The number of hydrogen-bond donors (Lipinski definition) is 1. The van der Waals surface area contributed by atoms with Gasteiger partial charge in [-0.2, -0.15) is 5.10 Å². The van der Waals surface area contributed by atoms with Gasteiger partial charge in [0, 0.05) is 20.6 Å². The number of amides is 1. The third-order valence-corrected chi connectivity index (χ3v) is 5.17.